The summed E-state index contributed by atoms with van der Waals surface area (Å²) in [7, 11) is -1.83. The molecule has 1 N–H and O–H groups in total. The number of methoxy groups -OCH3 is 1. The number of nitrogens with one attached hydrogen (secondary N) is 1. The van der Waals surface area contributed by atoms with E-state index < -0.39 is 10.0 Å². The van der Waals surface area contributed by atoms with Crippen LogP contribution in [0.5, 0.6) is 5.75 Å². The fourth-order valence-corrected chi connectivity index (χ4v) is 3.65. The molecule has 7 heteroatoms. The van der Waals surface area contributed by atoms with Crippen LogP contribution in [-0.2, 0) is 14.8 Å². The molecule has 1 amide bonds. The largest absolute Gasteiger partial charge is 0.494 e. The minimum Gasteiger partial charge on any atom is -0.494 e. The molecule has 0 aromatic heterocycles. The molecule has 0 bridgehead atoms. The molecule has 0 unspecified atom stereocenters. The van der Waals surface area contributed by atoms with Gasteiger partial charge in [0.1, 0.15) is 5.75 Å². The maximum absolute atomic E-state index is 12.0. The molecular formula is C15H22N2O4S. The molecular weight excluding hydrogens is 304 g/mol. The summed E-state index contributed by atoms with van der Waals surface area (Å²) >= 11 is 0. The molecule has 22 heavy (non-hydrogen) atoms. The number of anilines is 2. The van der Waals surface area contributed by atoms with E-state index in [1.807, 2.05) is 6.92 Å². The Bertz CT molecular complexity index is 643. The van der Waals surface area contributed by atoms with E-state index in [9.17, 15) is 13.2 Å². The van der Waals surface area contributed by atoms with Crippen molar-refractivity contribution in [1.29, 1.82) is 0 Å². The smallest absolute Gasteiger partial charge is 0.232 e. The summed E-state index contributed by atoms with van der Waals surface area (Å²) in [5.74, 6) is 0.637. The fourth-order valence-electron chi connectivity index (χ4n) is 2.52. The zero-order valence-electron chi connectivity index (χ0n) is 13.0. The number of nitrogens with zero attached hydrogens (tertiary/aromatic N) is 1. The summed E-state index contributed by atoms with van der Waals surface area (Å²) < 4.78 is 31.5. The van der Waals surface area contributed by atoms with Crippen LogP contribution in [0.25, 0.3) is 0 Å². The lowest BCUT2D eigenvalue weighted by Crippen LogP contribution is -2.35. The van der Waals surface area contributed by atoms with Crippen LogP contribution in [0.15, 0.2) is 18.2 Å². The Kier molecular flexibility index (Phi) is 5.28. The molecule has 0 saturated carbocycles. The van der Waals surface area contributed by atoms with Crippen molar-refractivity contribution < 1.29 is 17.9 Å². The summed E-state index contributed by atoms with van der Waals surface area (Å²) in [4.78, 5) is 13.7. The third-order valence-electron chi connectivity index (χ3n) is 3.54. The molecule has 1 heterocycles. The van der Waals surface area contributed by atoms with Gasteiger partial charge in [0.15, 0.2) is 0 Å². The number of hydrogen-bond donors (Lipinski definition) is 1. The zero-order chi connectivity index (χ0) is 16.2. The van der Waals surface area contributed by atoms with Crippen LogP contribution in [0, 0.1) is 0 Å². The first-order valence-electron chi connectivity index (χ1n) is 7.45. The highest BCUT2D eigenvalue weighted by Gasteiger charge is 2.23. The van der Waals surface area contributed by atoms with Gasteiger partial charge in [0.25, 0.3) is 0 Å². The van der Waals surface area contributed by atoms with Crippen molar-refractivity contribution in [1.82, 2.24) is 0 Å². The number of sulfonamides is 1. The lowest BCUT2D eigenvalue weighted by Gasteiger charge is -2.28. The maximum Gasteiger partial charge on any atom is 0.232 e. The van der Waals surface area contributed by atoms with Crippen molar-refractivity contribution in [3.8, 4) is 5.75 Å². The monoisotopic (exact) mass is 326 g/mol. The molecule has 1 aromatic rings. The van der Waals surface area contributed by atoms with Crippen LogP contribution in [0.4, 0.5) is 11.4 Å². The topological polar surface area (TPSA) is 75.7 Å². The average molecular weight is 326 g/mol. The first-order valence-corrected chi connectivity index (χ1v) is 9.11. The Balaban J connectivity index is 2.26. The van der Waals surface area contributed by atoms with Crippen LogP contribution < -0.4 is 14.4 Å². The van der Waals surface area contributed by atoms with Gasteiger partial charge in [-0.3, -0.25) is 9.52 Å². The molecule has 0 spiro atoms. The van der Waals surface area contributed by atoms with Gasteiger partial charge in [0.2, 0.25) is 15.9 Å². The first kappa shape index (κ1) is 16.6. The normalized spacial score (nSPS) is 15.7. The second-order valence-electron chi connectivity index (χ2n) is 5.31. The Labute approximate surface area is 131 Å². The minimum atomic E-state index is -3.34. The van der Waals surface area contributed by atoms with E-state index in [0.29, 0.717) is 36.5 Å². The highest BCUT2D eigenvalue weighted by Crippen LogP contribution is 2.33. The summed E-state index contributed by atoms with van der Waals surface area (Å²) in [6.45, 7) is 2.47. The Morgan fingerprint density at radius 1 is 1.32 bits per heavy atom. The number of rotatable bonds is 6. The van der Waals surface area contributed by atoms with Crippen molar-refractivity contribution in [3.05, 3.63) is 18.2 Å². The zero-order valence-corrected chi connectivity index (χ0v) is 13.8. The second-order valence-corrected chi connectivity index (χ2v) is 7.15. The number of amides is 1. The molecule has 0 atom stereocenters. The van der Waals surface area contributed by atoms with Crippen molar-refractivity contribution in [2.45, 2.75) is 32.6 Å². The van der Waals surface area contributed by atoms with Gasteiger partial charge in [-0.15, -0.1) is 0 Å². The predicted octanol–water partition coefficient (Wildman–Crippen LogP) is 2.36. The molecule has 2 rings (SSSR count). The summed E-state index contributed by atoms with van der Waals surface area (Å²) in [6.07, 6.45) is 2.95. The predicted molar refractivity (Wildman–Crippen MR) is 86.9 cm³/mol. The molecule has 122 valence electrons. The lowest BCUT2D eigenvalue weighted by molar-refractivity contribution is -0.119. The number of carbonyl (C=O) groups excluding carboxylic acids is 1. The van der Waals surface area contributed by atoms with E-state index in [-0.39, 0.29) is 11.7 Å². The molecule has 1 fully saturated rings. The third-order valence-corrected chi connectivity index (χ3v) is 5.03. The van der Waals surface area contributed by atoms with Gasteiger partial charge in [-0.2, -0.15) is 0 Å². The Hall–Kier alpha value is -1.76. The average Bonchev–Trinajstić information content (AvgIpc) is 2.47. The lowest BCUT2D eigenvalue weighted by atomic mass is 10.1. The van der Waals surface area contributed by atoms with E-state index in [1.54, 1.807) is 23.1 Å². The summed E-state index contributed by atoms with van der Waals surface area (Å²) in [5, 5.41) is 0. The highest BCUT2D eigenvalue weighted by molar-refractivity contribution is 7.92. The quantitative estimate of drug-likeness (QED) is 0.871. The Morgan fingerprint density at radius 3 is 2.73 bits per heavy atom. The van der Waals surface area contributed by atoms with Gasteiger partial charge < -0.3 is 9.64 Å². The first-order chi connectivity index (χ1) is 10.5. The van der Waals surface area contributed by atoms with E-state index in [2.05, 4.69) is 4.72 Å². The van der Waals surface area contributed by atoms with Crippen molar-refractivity contribution in [3.63, 3.8) is 0 Å². The number of piperidine rings is 1. The van der Waals surface area contributed by atoms with Crippen LogP contribution in [-0.4, -0.2) is 33.7 Å². The highest BCUT2D eigenvalue weighted by atomic mass is 32.2. The summed E-state index contributed by atoms with van der Waals surface area (Å²) in [5.41, 5.74) is 1.13. The SMILES string of the molecule is CCCS(=O)(=O)Nc1ccc(N2CCCCC2=O)c(OC)c1. The van der Waals surface area contributed by atoms with E-state index in [1.165, 1.54) is 7.11 Å². The molecule has 0 aliphatic carbocycles. The second kappa shape index (κ2) is 7.00. The summed E-state index contributed by atoms with van der Waals surface area (Å²) in [6, 6.07) is 5.00. The maximum atomic E-state index is 12.0. The van der Waals surface area contributed by atoms with Crippen molar-refractivity contribution in [2.24, 2.45) is 0 Å². The number of ether oxygens (including phenoxy) is 1. The fraction of sp³-hybridized carbons (Fsp3) is 0.533. The number of benzene rings is 1. The van der Waals surface area contributed by atoms with Crippen LogP contribution in [0.3, 0.4) is 0 Å². The van der Waals surface area contributed by atoms with Crippen LogP contribution in [0.2, 0.25) is 0 Å². The molecule has 1 aromatic carbocycles. The number of carbonyl (C=O) groups is 1. The van der Waals surface area contributed by atoms with Gasteiger partial charge in [-0.25, -0.2) is 8.42 Å². The standard InChI is InChI=1S/C15H22N2O4S/c1-3-10-22(19,20)16-12-7-8-13(14(11-12)21-2)17-9-5-4-6-15(17)18/h7-8,11,16H,3-6,9-10H2,1-2H3. The van der Waals surface area contributed by atoms with E-state index >= 15 is 0 Å². The number of hydrogen-bond acceptors (Lipinski definition) is 4. The van der Waals surface area contributed by atoms with Gasteiger partial charge in [-0.1, -0.05) is 6.92 Å². The van der Waals surface area contributed by atoms with Gasteiger partial charge in [0, 0.05) is 19.0 Å². The van der Waals surface area contributed by atoms with Gasteiger partial charge in [-0.05, 0) is 31.4 Å². The molecule has 6 nitrogen and oxygen atoms in total. The van der Waals surface area contributed by atoms with E-state index in [0.717, 1.165) is 12.8 Å². The molecule has 1 aliphatic rings. The Morgan fingerprint density at radius 2 is 2.09 bits per heavy atom. The van der Waals surface area contributed by atoms with E-state index in [4.69, 9.17) is 4.74 Å². The van der Waals surface area contributed by atoms with Crippen LogP contribution >= 0.6 is 0 Å². The van der Waals surface area contributed by atoms with Gasteiger partial charge in [0.05, 0.1) is 24.2 Å². The van der Waals surface area contributed by atoms with Crippen molar-refractivity contribution >= 4 is 27.3 Å². The molecule has 0 radical (unpaired) electrons. The third kappa shape index (κ3) is 3.91. The molecule has 1 aliphatic heterocycles. The van der Waals surface area contributed by atoms with Gasteiger partial charge >= 0.3 is 0 Å². The van der Waals surface area contributed by atoms with Crippen molar-refractivity contribution in [2.75, 3.05) is 29.0 Å². The van der Waals surface area contributed by atoms with Crippen LogP contribution in [0.1, 0.15) is 32.6 Å². The molecule has 1 saturated heterocycles. The minimum absolute atomic E-state index is 0.0711.